The lowest BCUT2D eigenvalue weighted by molar-refractivity contribution is -0.384. The number of rotatable bonds is 1. The van der Waals surface area contributed by atoms with Crippen molar-refractivity contribution in [2.75, 3.05) is 5.73 Å². The number of halogens is 2. The monoisotopic (exact) mass is 308 g/mol. The fourth-order valence-electron chi connectivity index (χ4n) is 0.876. The molecule has 0 amide bonds. The Kier molecular flexibility index (Phi) is 2.92. The van der Waals surface area contributed by atoms with E-state index in [-0.39, 0.29) is 11.4 Å². The molecule has 0 radical (unpaired) electrons. The van der Waals surface area contributed by atoms with Crippen LogP contribution in [0.3, 0.4) is 0 Å². The summed E-state index contributed by atoms with van der Waals surface area (Å²) in [5.41, 5.74) is 6.46. The second-order valence-electron chi connectivity index (χ2n) is 2.49. The van der Waals surface area contributed by atoms with E-state index >= 15 is 0 Å². The molecule has 0 aliphatic heterocycles. The second kappa shape index (κ2) is 3.63. The van der Waals surface area contributed by atoms with Crippen LogP contribution in [-0.4, -0.2) is 4.92 Å². The summed E-state index contributed by atoms with van der Waals surface area (Å²) in [7, 11) is 0. The smallest absolute Gasteiger partial charge is 0.294 e. The second-order valence-corrected chi connectivity index (χ2v) is 4.13. The molecule has 2 N–H and O–H groups in total. The van der Waals surface area contributed by atoms with Crippen molar-refractivity contribution in [2.24, 2.45) is 0 Å². The normalized spacial score (nSPS) is 10.1. The maximum absolute atomic E-state index is 10.5. The lowest BCUT2D eigenvalue weighted by Gasteiger charge is -2.05. The van der Waals surface area contributed by atoms with Gasteiger partial charge in [0.15, 0.2) is 0 Å². The van der Waals surface area contributed by atoms with Gasteiger partial charge in [0.1, 0.15) is 5.69 Å². The van der Waals surface area contributed by atoms with Crippen LogP contribution < -0.4 is 5.73 Å². The Morgan fingerprint density at radius 1 is 1.54 bits per heavy atom. The maximum Gasteiger partial charge on any atom is 0.294 e. The minimum atomic E-state index is -0.510. The fraction of sp³-hybridized carbons (Fsp3) is 0.143. The largest absolute Gasteiger partial charge is 0.392 e. The van der Waals surface area contributed by atoms with Gasteiger partial charge in [0.2, 0.25) is 0 Å². The van der Waals surface area contributed by atoms with Crippen LogP contribution in [-0.2, 0) is 0 Å². The molecule has 0 atom stereocenters. The molecule has 1 aromatic rings. The summed E-state index contributed by atoms with van der Waals surface area (Å²) in [6.07, 6.45) is 0. The average molecular weight is 310 g/mol. The van der Waals surface area contributed by atoms with Gasteiger partial charge in [-0.05, 0) is 28.4 Å². The third-order valence-corrected chi connectivity index (χ3v) is 3.51. The Morgan fingerprint density at radius 3 is 2.54 bits per heavy atom. The van der Waals surface area contributed by atoms with E-state index < -0.39 is 4.92 Å². The topological polar surface area (TPSA) is 69.2 Å². The van der Waals surface area contributed by atoms with Gasteiger partial charge < -0.3 is 5.73 Å². The molecule has 0 aliphatic carbocycles. The molecule has 0 bridgehead atoms. The Balaban J connectivity index is 3.50. The van der Waals surface area contributed by atoms with Crippen molar-refractivity contribution in [3.8, 4) is 0 Å². The van der Waals surface area contributed by atoms with Crippen LogP contribution in [0.2, 0.25) is 0 Å². The van der Waals surface area contributed by atoms with Crippen LogP contribution in [0.15, 0.2) is 15.0 Å². The van der Waals surface area contributed by atoms with Gasteiger partial charge in [-0.1, -0.05) is 15.9 Å². The molecule has 13 heavy (non-hydrogen) atoms. The van der Waals surface area contributed by atoms with E-state index in [1.807, 2.05) is 6.92 Å². The highest BCUT2D eigenvalue weighted by Crippen LogP contribution is 2.36. The van der Waals surface area contributed by atoms with Crippen molar-refractivity contribution < 1.29 is 4.92 Å². The number of anilines is 1. The van der Waals surface area contributed by atoms with Gasteiger partial charge in [-0.3, -0.25) is 10.1 Å². The summed E-state index contributed by atoms with van der Waals surface area (Å²) in [4.78, 5) is 10.0. The molecule has 1 aromatic carbocycles. The minimum Gasteiger partial charge on any atom is -0.392 e. The number of nitrogen functional groups attached to an aromatic ring is 1. The molecule has 6 heteroatoms. The molecular weight excluding hydrogens is 304 g/mol. The van der Waals surface area contributed by atoms with Crippen LogP contribution in [0, 0.1) is 17.0 Å². The lowest BCUT2D eigenvalue weighted by atomic mass is 10.2. The summed E-state index contributed by atoms with van der Waals surface area (Å²) >= 11 is 6.40. The van der Waals surface area contributed by atoms with E-state index in [0.29, 0.717) is 8.95 Å². The quantitative estimate of drug-likeness (QED) is 0.492. The molecule has 0 spiro atoms. The highest BCUT2D eigenvalue weighted by molar-refractivity contribution is 9.11. The lowest BCUT2D eigenvalue weighted by Crippen LogP contribution is -1.98. The first kappa shape index (κ1) is 10.5. The van der Waals surface area contributed by atoms with Crippen LogP contribution in [0.5, 0.6) is 0 Å². The maximum atomic E-state index is 10.5. The predicted molar refractivity (Wildman–Crippen MR) is 57.6 cm³/mol. The Labute approximate surface area is 91.5 Å². The van der Waals surface area contributed by atoms with E-state index in [4.69, 9.17) is 5.73 Å². The SMILES string of the molecule is Cc1c(Br)cc([N+](=O)[O-])c(N)c1Br. The number of nitrogens with zero attached hydrogens (tertiary/aromatic N) is 1. The molecule has 4 nitrogen and oxygen atoms in total. The molecule has 70 valence electrons. The molecule has 0 aliphatic rings. The standard InChI is InChI=1S/C7H6Br2N2O2/c1-3-4(8)2-5(11(12)13)7(10)6(3)9/h2H,10H2,1H3. The zero-order chi connectivity index (χ0) is 10.2. The molecule has 1 rings (SSSR count). The van der Waals surface area contributed by atoms with Crippen molar-refractivity contribution in [2.45, 2.75) is 6.92 Å². The third kappa shape index (κ3) is 1.83. The van der Waals surface area contributed by atoms with Crippen molar-refractivity contribution >= 4 is 43.2 Å². The number of hydrogen-bond donors (Lipinski definition) is 1. The van der Waals surface area contributed by atoms with Crippen LogP contribution in [0.1, 0.15) is 5.56 Å². The average Bonchev–Trinajstić information content (AvgIpc) is 2.07. The van der Waals surface area contributed by atoms with Crippen molar-refractivity contribution in [1.82, 2.24) is 0 Å². The molecule has 0 unspecified atom stereocenters. The van der Waals surface area contributed by atoms with E-state index in [0.717, 1.165) is 5.56 Å². The van der Waals surface area contributed by atoms with E-state index in [2.05, 4.69) is 31.9 Å². The predicted octanol–water partition coefficient (Wildman–Crippen LogP) is 3.01. The number of nitro benzene ring substituents is 1. The van der Waals surface area contributed by atoms with Gasteiger partial charge in [0, 0.05) is 10.5 Å². The minimum absolute atomic E-state index is 0.0932. The first-order chi connectivity index (χ1) is 5.95. The van der Waals surface area contributed by atoms with Crippen molar-refractivity contribution in [3.63, 3.8) is 0 Å². The fourth-order valence-corrected chi connectivity index (χ4v) is 1.97. The summed E-state index contributed by atoms with van der Waals surface area (Å²) < 4.78 is 1.23. The van der Waals surface area contributed by atoms with Crippen LogP contribution in [0.4, 0.5) is 11.4 Å². The highest BCUT2D eigenvalue weighted by atomic mass is 79.9. The van der Waals surface area contributed by atoms with Crippen molar-refractivity contribution in [3.05, 3.63) is 30.7 Å². The molecule has 0 heterocycles. The van der Waals surface area contributed by atoms with Crippen LogP contribution in [0.25, 0.3) is 0 Å². The number of nitro groups is 1. The number of hydrogen-bond acceptors (Lipinski definition) is 3. The van der Waals surface area contributed by atoms with Gasteiger partial charge >= 0.3 is 0 Å². The van der Waals surface area contributed by atoms with E-state index in [9.17, 15) is 10.1 Å². The van der Waals surface area contributed by atoms with E-state index in [1.165, 1.54) is 6.07 Å². The molecule has 0 aromatic heterocycles. The van der Waals surface area contributed by atoms with E-state index in [1.54, 1.807) is 0 Å². The number of benzene rings is 1. The van der Waals surface area contributed by atoms with Crippen LogP contribution >= 0.6 is 31.9 Å². The van der Waals surface area contributed by atoms with Gasteiger partial charge in [0.05, 0.1) is 9.40 Å². The third-order valence-electron chi connectivity index (χ3n) is 1.66. The van der Waals surface area contributed by atoms with Gasteiger partial charge in [-0.25, -0.2) is 0 Å². The zero-order valence-corrected chi connectivity index (χ0v) is 9.85. The molecule has 0 fully saturated rings. The Hall–Kier alpha value is -0.620. The first-order valence-corrected chi connectivity index (χ1v) is 4.92. The summed E-state index contributed by atoms with van der Waals surface area (Å²) in [6.45, 7) is 1.81. The Morgan fingerprint density at radius 2 is 2.08 bits per heavy atom. The highest BCUT2D eigenvalue weighted by Gasteiger charge is 2.17. The Bertz CT molecular complexity index is 379. The van der Waals surface area contributed by atoms with Crippen molar-refractivity contribution in [1.29, 1.82) is 0 Å². The molecular formula is C7H6Br2N2O2. The molecule has 0 saturated carbocycles. The summed E-state index contributed by atoms with van der Waals surface area (Å²) in [5, 5.41) is 10.5. The summed E-state index contributed by atoms with van der Waals surface area (Å²) in [5.74, 6) is 0. The van der Waals surface area contributed by atoms with Gasteiger partial charge in [0.25, 0.3) is 5.69 Å². The number of nitrogens with two attached hydrogens (primary N) is 1. The first-order valence-electron chi connectivity index (χ1n) is 3.33. The molecule has 0 saturated heterocycles. The summed E-state index contributed by atoms with van der Waals surface area (Å²) in [6, 6.07) is 1.40. The zero-order valence-electron chi connectivity index (χ0n) is 6.67. The van der Waals surface area contributed by atoms with Gasteiger partial charge in [-0.2, -0.15) is 0 Å². The van der Waals surface area contributed by atoms with Gasteiger partial charge in [-0.15, -0.1) is 0 Å².